The van der Waals surface area contributed by atoms with Gasteiger partial charge in [-0.1, -0.05) is 75.8 Å². The average molecular weight is 596 g/mol. The molecule has 0 fully saturated rings. The van der Waals surface area contributed by atoms with Gasteiger partial charge >= 0.3 is 0 Å². The highest BCUT2D eigenvalue weighted by Gasteiger charge is 2.32. The van der Waals surface area contributed by atoms with Crippen LogP contribution in [-0.2, 0) is 6.42 Å². The van der Waals surface area contributed by atoms with Gasteiger partial charge < -0.3 is 9.15 Å². The van der Waals surface area contributed by atoms with Crippen LogP contribution in [0.3, 0.4) is 0 Å². The number of rotatable bonds is 4. The van der Waals surface area contributed by atoms with Crippen molar-refractivity contribution < 1.29 is 9.15 Å². The first-order valence-electron chi connectivity index (χ1n) is 12.7. The Balaban J connectivity index is 1.39. The summed E-state index contributed by atoms with van der Waals surface area (Å²) < 4.78 is 14.9. The van der Waals surface area contributed by atoms with Gasteiger partial charge in [-0.3, -0.25) is 9.36 Å². The van der Waals surface area contributed by atoms with E-state index in [1.807, 2.05) is 71.3 Å². The molecule has 5 nitrogen and oxygen atoms in total. The minimum atomic E-state index is -0.230. The Morgan fingerprint density at radius 1 is 1.03 bits per heavy atom. The summed E-state index contributed by atoms with van der Waals surface area (Å²) in [6, 6.07) is 28.0. The van der Waals surface area contributed by atoms with Crippen LogP contribution in [0.25, 0.3) is 23.1 Å². The maximum Gasteiger partial charge on any atom is 0.271 e. The Kier molecular flexibility index (Phi) is 5.98. The van der Waals surface area contributed by atoms with Crippen molar-refractivity contribution in [2.24, 2.45) is 4.99 Å². The molecule has 3 aromatic carbocycles. The number of fused-ring (bicyclic) bond motifs is 3. The summed E-state index contributed by atoms with van der Waals surface area (Å²) in [4.78, 5) is 19.7. The fourth-order valence-electron chi connectivity index (χ4n) is 5.47. The maximum absolute atomic E-state index is 14.0. The first-order valence-corrected chi connectivity index (χ1v) is 14.3. The highest BCUT2D eigenvalue weighted by molar-refractivity contribution is 9.10. The van der Waals surface area contributed by atoms with Gasteiger partial charge in [-0.05, 0) is 65.9 Å². The van der Waals surface area contributed by atoms with Crippen LogP contribution in [-0.4, -0.2) is 11.7 Å². The van der Waals surface area contributed by atoms with Gasteiger partial charge in [-0.15, -0.1) is 0 Å². The van der Waals surface area contributed by atoms with Crippen molar-refractivity contribution in [3.63, 3.8) is 0 Å². The molecule has 0 spiro atoms. The molecule has 7 heteroatoms. The molecule has 2 aliphatic rings. The van der Waals surface area contributed by atoms with Crippen LogP contribution in [0.2, 0.25) is 0 Å². The number of benzene rings is 3. The number of allylic oxidation sites excluding steroid dienone is 1. The van der Waals surface area contributed by atoms with Crippen molar-refractivity contribution >= 4 is 39.0 Å². The Labute approximate surface area is 237 Å². The van der Waals surface area contributed by atoms with Crippen molar-refractivity contribution in [1.82, 2.24) is 4.57 Å². The molecule has 0 saturated carbocycles. The van der Waals surface area contributed by atoms with E-state index in [1.165, 1.54) is 22.5 Å². The zero-order chi connectivity index (χ0) is 26.5. The molecule has 1 aliphatic carbocycles. The van der Waals surface area contributed by atoms with Crippen LogP contribution in [0.4, 0.5) is 0 Å². The average Bonchev–Trinajstić information content (AvgIpc) is 3.56. The number of ether oxygens (including phenoxy) is 1. The molecule has 39 heavy (non-hydrogen) atoms. The molecule has 0 N–H and O–H groups in total. The molecule has 192 valence electrons. The van der Waals surface area contributed by atoms with Gasteiger partial charge in [-0.25, -0.2) is 4.99 Å². The number of halogens is 1. The Morgan fingerprint density at radius 3 is 2.69 bits per heavy atom. The zero-order valence-electron chi connectivity index (χ0n) is 21.1. The molecule has 1 atom stereocenters. The summed E-state index contributed by atoms with van der Waals surface area (Å²) in [6.07, 6.45) is 3.60. The number of hydrogen-bond donors (Lipinski definition) is 0. The van der Waals surface area contributed by atoms with Crippen LogP contribution < -0.4 is 19.6 Å². The first-order chi connectivity index (χ1) is 19.1. The number of thiazole rings is 1. The third-order valence-corrected chi connectivity index (χ3v) is 8.79. The molecule has 5 aromatic rings. The summed E-state index contributed by atoms with van der Waals surface area (Å²) in [5, 5.41) is 0. The van der Waals surface area contributed by atoms with Crippen molar-refractivity contribution in [3.8, 4) is 17.1 Å². The van der Waals surface area contributed by atoms with Gasteiger partial charge in [0.25, 0.3) is 5.56 Å². The van der Waals surface area contributed by atoms with Gasteiger partial charge in [0, 0.05) is 21.7 Å². The summed E-state index contributed by atoms with van der Waals surface area (Å²) in [5.74, 6) is 2.16. The molecule has 7 rings (SSSR count). The number of hydrogen-bond acceptors (Lipinski definition) is 5. The Hall–Kier alpha value is -3.94. The van der Waals surface area contributed by atoms with Crippen molar-refractivity contribution in [2.45, 2.75) is 18.9 Å². The van der Waals surface area contributed by atoms with Gasteiger partial charge in [-0.2, -0.15) is 0 Å². The SMILES string of the molecule is COc1ccc([C@@H]2C3=C(N=c4s/c(=C\c5ccc(-c6cccc(Br)c6)o5)c(=O)n42)c2ccccc2CC3)cc1. The van der Waals surface area contributed by atoms with E-state index in [1.54, 1.807) is 7.11 Å². The van der Waals surface area contributed by atoms with E-state index in [0.29, 0.717) is 15.1 Å². The first kappa shape index (κ1) is 24.1. The second kappa shape index (κ2) is 9.67. The van der Waals surface area contributed by atoms with Crippen LogP contribution in [0.5, 0.6) is 5.75 Å². The summed E-state index contributed by atoms with van der Waals surface area (Å²) in [6.45, 7) is 0. The Bertz CT molecular complexity index is 1950. The van der Waals surface area contributed by atoms with E-state index in [0.717, 1.165) is 51.2 Å². The monoisotopic (exact) mass is 594 g/mol. The van der Waals surface area contributed by atoms with Gasteiger partial charge in [0.1, 0.15) is 17.3 Å². The molecular formula is C32H23BrN2O3S. The van der Waals surface area contributed by atoms with Gasteiger partial charge in [0.2, 0.25) is 0 Å². The van der Waals surface area contributed by atoms with E-state index in [4.69, 9.17) is 14.1 Å². The highest BCUT2D eigenvalue weighted by Crippen LogP contribution is 2.41. The summed E-state index contributed by atoms with van der Waals surface area (Å²) >= 11 is 4.92. The van der Waals surface area contributed by atoms with Crippen LogP contribution in [0.15, 0.2) is 109 Å². The lowest BCUT2D eigenvalue weighted by Gasteiger charge is -2.30. The zero-order valence-corrected chi connectivity index (χ0v) is 23.5. The van der Waals surface area contributed by atoms with Crippen LogP contribution in [0.1, 0.15) is 34.9 Å². The Morgan fingerprint density at radius 2 is 1.87 bits per heavy atom. The molecule has 0 bridgehead atoms. The van der Waals surface area contributed by atoms with E-state index in [9.17, 15) is 4.79 Å². The van der Waals surface area contributed by atoms with Crippen LogP contribution >= 0.6 is 27.3 Å². The number of methoxy groups -OCH3 is 1. The van der Waals surface area contributed by atoms with Crippen molar-refractivity contribution in [1.29, 1.82) is 0 Å². The number of aryl methyl sites for hydroxylation is 1. The quantitative estimate of drug-likeness (QED) is 0.243. The predicted molar refractivity (Wildman–Crippen MR) is 158 cm³/mol. The maximum atomic E-state index is 14.0. The van der Waals surface area contributed by atoms with E-state index in [-0.39, 0.29) is 11.6 Å². The van der Waals surface area contributed by atoms with E-state index in [2.05, 4.69) is 40.2 Å². The largest absolute Gasteiger partial charge is 0.497 e. The smallest absolute Gasteiger partial charge is 0.271 e. The predicted octanol–water partition coefficient (Wildman–Crippen LogP) is 6.35. The van der Waals surface area contributed by atoms with Crippen molar-refractivity contribution in [3.05, 3.63) is 137 Å². The fourth-order valence-corrected chi connectivity index (χ4v) is 6.85. The molecule has 3 heterocycles. The van der Waals surface area contributed by atoms with Crippen LogP contribution in [0, 0.1) is 0 Å². The molecule has 0 amide bonds. The van der Waals surface area contributed by atoms with E-state index < -0.39 is 0 Å². The lowest BCUT2D eigenvalue weighted by atomic mass is 9.83. The number of furan rings is 1. The molecular weight excluding hydrogens is 572 g/mol. The topological polar surface area (TPSA) is 56.7 Å². The lowest BCUT2D eigenvalue weighted by Crippen LogP contribution is -2.38. The van der Waals surface area contributed by atoms with Crippen molar-refractivity contribution in [2.75, 3.05) is 7.11 Å². The minimum absolute atomic E-state index is 0.0645. The lowest BCUT2D eigenvalue weighted by molar-refractivity contribution is 0.414. The molecule has 0 saturated heterocycles. The highest BCUT2D eigenvalue weighted by atomic mass is 79.9. The second-order valence-corrected chi connectivity index (χ2v) is 11.5. The third kappa shape index (κ3) is 4.22. The molecule has 2 aromatic heterocycles. The third-order valence-electron chi connectivity index (χ3n) is 7.31. The number of aromatic nitrogens is 1. The standard InChI is InChI=1S/C32H23BrN2O3S/c1-37-23-12-9-20(10-13-23)30-26-15-11-19-5-2-3-8-25(19)29(26)34-32-35(30)31(36)28(39-32)18-24-14-16-27(38-24)21-6-4-7-22(33)17-21/h2-10,12-14,16-18,30H,11,15H2,1H3/b28-18-/t30-/m1/s1. The normalized spacial score (nSPS) is 16.4. The minimum Gasteiger partial charge on any atom is -0.497 e. The molecule has 0 radical (unpaired) electrons. The van der Waals surface area contributed by atoms with Gasteiger partial charge in [0.15, 0.2) is 4.80 Å². The molecule has 1 aliphatic heterocycles. The number of nitrogens with zero attached hydrogens (tertiary/aromatic N) is 2. The second-order valence-electron chi connectivity index (χ2n) is 9.60. The summed E-state index contributed by atoms with van der Waals surface area (Å²) in [7, 11) is 1.66. The van der Waals surface area contributed by atoms with Gasteiger partial charge in [0.05, 0.1) is 23.4 Å². The fraction of sp³-hybridized carbons (Fsp3) is 0.125. The summed E-state index contributed by atoms with van der Waals surface area (Å²) in [5.41, 5.74) is 6.55. The van der Waals surface area contributed by atoms with E-state index >= 15 is 0 Å². The molecule has 0 unspecified atom stereocenters.